The minimum atomic E-state index is -1.23. The van der Waals surface area contributed by atoms with Crippen LogP contribution in [0.5, 0.6) is 0 Å². The molecule has 2 N–H and O–H groups in total. The number of thiazole rings is 1. The largest absolute Gasteiger partial charge is 0.458 e. The number of ketones is 1. The normalized spacial score (nSPS) is 36.8. The molecule has 7 atom stereocenters. The molecule has 0 aliphatic carbocycles. The summed E-state index contributed by atoms with van der Waals surface area (Å²) in [5.41, 5.74) is 0.183. The van der Waals surface area contributed by atoms with Crippen LogP contribution < -0.4 is 0 Å². The first-order valence-electron chi connectivity index (χ1n) is 13.2. The number of epoxide rings is 1. The standard InChI is InChI=1S/C28H43NO6S/c1-8-20-25(32)16(2)10-9-11-28(7)23(35-28)13-21(17(3)12-19-15-36-18(4)29-19)34-24(31)14-22(30)27(5,6)26(20)33/h12,15-16,20-23,25,30,32H,8-11,13-14H2,1-7H3/t16-,20-,21-,22-,23-,25+,28+/m0/s1. The fourth-order valence-electron chi connectivity index (χ4n) is 5.29. The zero-order valence-electron chi connectivity index (χ0n) is 22.7. The van der Waals surface area contributed by atoms with Gasteiger partial charge in [-0.25, -0.2) is 4.98 Å². The molecule has 36 heavy (non-hydrogen) atoms. The molecule has 2 aliphatic rings. The second kappa shape index (κ2) is 11.4. The lowest BCUT2D eigenvalue weighted by atomic mass is 9.71. The summed E-state index contributed by atoms with van der Waals surface area (Å²) in [5, 5.41) is 24.9. The first-order chi connectivity index (χ1) is 16.8. The van der Waals surface area contributed by atoms with E-state index in [1.807, 2.05) is 39.2 Å². The molecule has 3 heterocycles. The Hall–Kier alpha value is -1.61. The summed E-state index contributed by atoms with van der Waals surface area (Å²) in [5.74, 6) is -1.45. The maximum atomic E-state index is 13.4. The SMILES string of the molecule is CC[C@@H]1C(=O)C(C)(C)[C@@H](O)CC(=O)O[C@H](C(C)=Cc2csc(C)n2)C[C@@H]2O[C@]2(C)CCC[C@H](C)[C@H]1O. The summed E-state index contributed by atoms with van der Waals surface area (Å²) < 4.78 is 12.0. The summed E-state index contributed by atoms with van der Waals surface area (Å²) >= 11 is 1.56. The maximum absolute atomic E-state index is 13.4. The number of aliphatic hydroxyl groups excluding tert-OH is 2. The molecule has 2 saturated heterocycles. The summed E-state index contributed by atoms with van der Waals surface area (Å²) in [6.45, 7) is 13.1. The van der Waals surface area contributed by atoms with Gasteiger partial charge in [-0.05, 0) is 57.6 Å². The van der Waals surface area contributed by atoms with Gasteiger partial charge in [0.25, 0.3) is 0 Å². The molecule has 1 aromatic heterocycles. The number of aromatic nitrogens is 1. The number of ether oxygens (including phenoxy) is 2. The molecule has 0 aromatic carbocycles. The molecule has 7 nitrogen and oxygen atoms in total. The highest BCUT2D eigenvalue weighted by Crippen LogP contribution is 2.45. The van der Waals surface area contributed by atoms with E-state index >= 15 is 0 Å². The van der Waals surface area contributed by atoms with Gasteiger partial charge in [-0.2, -0.15) is 0 Å². The number of nitrogens with zero attached hydrogens (tertiary/aromatic N) is 1. The van der Waals surface area contributed by atoms with Gasteiger partial charge in [0.15, 0.2) is 0 Å². The average Bonchev–Trinajstić information content (AvgIpc) is 3.24. The topological polar surface area (TPSA) is 109 Å². The number of hydrogen-bond acceptors (Lipinski definition) is 8. The van der Waals surface area contributed by atoms with Crippen LogP contribution in [0.25, 0.3) is 6.08 Å². The molecule has 202 valence electrons. The highest BCUT2D eigenvalue weighted by molar-refractivity contribution is 7.09. The van der Waals surface area contributed by atoms with Crippen molar-refractivity contribution >= 4 is 29.2 Å². The quantitative estimate of drug-likeness (QED) is 0.431. The van der Waals surface area contributed by atoms with Crippen LogP contribution in [0.15, 0.2) is 11.0 Å². The van der Waals surface area contributed by atoms with Gasteiger partial charge in [0.05, 0.1) is 46.5 Å². The van der Waals surface area contributed by atoms with Gasteiger partial charge < -0.3 is 19.7 Å². The van der Waals surface area contributed by atoms with E-state index in [0.717, 1.165) is 35.5 Å². The summed E-state index contributed by atoms with van der Waals surface area (Å²) in [6.07, 6.45) is 2.49. The fourth-order valence-corrected chi connectivity index (χ4v) is 5.86. The van der Waals surface area contributed by atoms with E-state index < -0.39 is 35.6 Å². The Kier molecular flexibility index (Phi) is 9.18. The van der Waals surface area contributed by atoms with Crippen LogP contribution in [0.2, 0.25) is 0 Å². The number of carbonyl (C=O) groups is 2. The summed E-state index contributed by atoms with van der Waals surface area (Å²) in [7, 11) is 0. The molecule has 0 amide bonds. The Morgan fingerprint density at radius 2 is 1.97 bits per heavy atom. The number of esters is 1. The van der Waals surface area contributed by atoms with Crippen molar-refractivity contribution in [3.63, 3.8) is 0 Å². The van der Waals surface area contributed by atoms with Gasteiger partial charge in [-0.3, -0.25) is 9.59 Å². The second-order valence-electron chi connectivity index (χ2n) is 11.5. The molecule has 0 radical (unpaired) electrons. The van der Waals surface area contributed by atoms with Crippen LogP contribution in [0.3, 0.4) is 0 Å². The monoisotopic (exact) mass is 521 g/mol. The van der Waals surface area contributed by atoms with Crippen molar-refractivity contribution in [2.24, 2.45) is 17.3 Å². The highest BCUT2D eigenvalue weighted by Gasteiger charge is 2.53. The molecule has 3 rings (SSSR count). The van der Waals surface area contributed by atoms with Gasteiger partial charge in [-0.1, -0.05) is 34.1 Å². The highest BCUT2D eigenvalue weighted by atomic mass is 32.1. The second-order valence-corrected chi connectivity index (χ2v) is 12.6. The smallest absolute Gasteiger partial charge is 0.309 e. The Balaban J connectivity index is 1.87. The van der Waals surface area contributed by atoms with Crippen LogP contribution in [0, 0.1) is 24.2 Å². The van der Waals surface area contributed by atoms with E-state index in [1.54, 1.807) is 25.2 Å². The van der Waals surface area contributed by atoms with E-state index in [1.165, 1.54) is 0 Å². The lowest BCUT2D eigenvalue weighted by Gasteiger charge is -2.35. The van der Waals surface area contributed by atoms with Crippen LogP contribution in [0.4, 0.5) is 0 Å². The van der Waals surface area contributed by atoms with Crippen molar-refractivity contribution in [3.8, 4) is 0 Å². The predicted octanol–water partition coefficient (Wildman–Crippen LogP) is 4.87. The minimum Gasteiger partial charge on any atom is -0.458 e. The van der Waals surface area contributed by atoms with E-state index in [-0.39, 0.29) is 29.8 Å². The van der Waals surface area contributed by atoms with Crippen molar-refractivity contribution in [2.45, 2.75) is 117 Å². The summed E-state index contributed by atoms with van der Waals surface area (Å²) in [6, 6.07) is 0. The zero-order valence-corrected chi connectivity index (χ0v) is 23.6. The third-order valence-corrected chi connectivity index (χ3v) is 8.98. The molecule has 2 fully saturated rings. The van der Waals surface area contributed by atoms with Gasteiger partial charge >= 0.3 is 5.97 Å². The third-order valence-electron chi connectivity index (χ3n) is 8.19. The van der Waals surface area contributed by atoms with E-state index in [4.69, 9.17) is 9.47 Å². The van der Waals surface area contributed by atoms with Gasteiger partial charge in [-0.15, -0.1) is 11.3 Å². The van der Waals surface area contributed by atoms with Crippen molar-refractivity contribution in [3.05, 3.63) is 21.7 Å². The Morgan fingerprint density at radius 3 is 2.58 bits per heavy atom. The van der Waals surface area contributed by atoms with Crippen molar-refractivity contribution in [1.82, 2.24) is 4.98 Å². The number of aryl methyl sites for hydroxylation is 1. The van der Waals surface area contributed by atoms with E-state index in [9.17, 15) is 19.8 Å². The van der Waals surface area contributed by atoms with E-state index in [2.05, 4.69) is 11.9 Å². The Labute approximate surface area is 219 Å². The number of Topliss-reactive ketones (excluding diaryl/α,β-unsaturated/α-hetero) is 1. The molecule has 0 spiro atoms. The lowest BCUT2D eigenvalue weighted by Crippen LogP contribution is -2.46. The lowest BCUT2D eigenvalue weighted by molar-refractivity contribution is -0.154. The van der Waals surface area contributed by atoms with Crippen molar-refractivity contribution < 1.29 is 29.3 Å². The van der Waals surface area contributed by atoms with Crippen LogP contribution in [0.1, 0.15) is 90.8 Å². The Bertz CT molecular complexity index is 971. The van der Waals surface area contributed by atoms with Crippen molar-refractivity contribution in [1.29, 1.82) is 0 Å². The zero-order chi connectivity index (χ0) is 26.8. The van der Waals surface area contributed by atoms with Crippen LogP contribution >= 0.6 is 11.3 Å². The van der Waals surface area contributed by atoms with Crippen LogP contribution in [-0.4, -0.2) is 57.0 Å². The summed E-state index contributed by atoms with van der Waals surface area (Å²) in [4.78, 5) is 30.9. The first-order valence-corrected chi connectivity index (χ1v) is 14.0. The molecule has 0 bridgehead atoms. The maximum Gasteiger partial charge on any atom is 0.309 e. The Morgan fingerprint density at radius 1 is 1.28 bits per heavy atom. The number of carbonyl (C=O) groups excluding carboxylic acids is 2. The molecular weight excluding hydrogens is 478 g/mol. The van der Waals surface area contributed by atoms with Crippen molar-refractivity contribution in [2.75, 3.05) is 0 Å². The third kappa shape index (κ3) is 6.63. The van der Waals surface area contributed by atoms with E-state index in [0.29, 0.717) is 12.8 Å². The molecule has 0 unspecified atom stereocenters. The number of hydrogen-bond donors (Lipinski definition) is 2. The molecule has 8 heteroatoms. The minimum absolute atomic E-state index is 0.0460. The number of aliphatic hydroxyl groups is 2. The van der Waals surface area contributed by atoms with Gasteiger partial charge in [0.2, 0.25) is 0 Å². The molecular formula is C28H43NO6S. The predicted molar refractivity (Wildman–Crippen MR) is 140 cm³/mol. The number of fused-ring (bicyclic) bond motifs is 1. The average molecular weight is 522 g/mol. The van der Waals surface area contributed by atoms with Gasteiger partial charge in [0.1, 0.15) is 11.9 Å². The molecule has 1 aromatic rings. The molecule has 2 aliphatic heterocycles. The fraction of sp³-hybridized carbons (Fsp3) is 0.750. The van der Waals surface area contributed by atoms with Gasteiger partial charge in [0, 0.05) is 17.7 Å². The first kappa shape index (κ1) is 29.0. The number of cyclic esters (lactones) is 1. The van der Waals surface area contributed by atoms with Crippen LogP contribution in [-0.2, 0) is 19.1 Å². The molecule has 0 saturated carbocycles. The number of rotatable bonds is 3.